The predicted octanol–water partition coefficient (Wildman–Crippen LogP) is 0.712. The molecule has 18 heteroatoms. The van der Waals surface area contributed by atoms with E-state index >= 15 is 0 Å². The quantitative estimate of drug-likeness (QED) is 0.376. The maximum Gasteiger partial charge on any atom is 0.281 e. The first-order valence-corrected chi connectivity index (χ1v) is 17.3. The van der Waals surface area contributed by atoms with Gasteiger partial charge in [0.1, 0.15) is 33.8 Å². The maximum atomic E-state index is 14.1. The molecule has 0 spiro atoms. The maximum absolute atomic E-state index is 14.1. The summed E-state index contributed by atoms with van der Waals surface area (Å²) >= 11 is 0. The number of anilines is 4. The van der Waals surface area contributed by atoms with Gasteiger partial charge in [0.05, 0.1) is 22.5 Å². The Morgan fingerprint density at radius 1 is 0.646 bits per heavy atom. The van der Waals surface area contributed by atoms with Crippen LogP contribution in [0.5, 0.6) is 0 Å². The van der Waals surface area contributed by atoms with Crippen LogP contribution in [-0.4, -0.2) is 54.4 Å². The molecule has 0 aliphatic carbocycles. The van der Waals surface area contributed by atoms with E-state index in [9.17, 15) is 26.4 Å². The van der Waals surface area contributed by atoms with Crippen molar-refractivity contribution in [2.24, 2.45) is 30.5 Å². The van der Waals surface area contributed by atoms with Gasteiger partial charge >= 0.3 is 0 Å². The summed E-state index contributed by atoms with van der Waals surface area (Å²) in [4.78, 5) is 39.3. The molecule has 0 saturated carbocycles. The van der Waals surface area contributed by atoms with E-state index in [-0.39, 0.29) is 67.5 Å². The van der Waals surface area contributed by atoms with Gasteiger partial charge < -0.3 is 9.80 Å². The number of primary sulfonamides is 2. The zero-order valence-corrected chi connectivity index (χ0v) is 27.0. The number of amides is 2. The Kier molecular flexibility index (Phi) is 7.13. The number of nitrogens with two attached hydrogens (primary N) is 2. The van der Waals surface area contributed by atoms with Gasteiger partial charge in [0.15, 0.2) is 0 Å². The average molecular weight is 687 g/mol. The number of benzene rings is 3. The topological polar surface area (TPSA) is 217 Å². The Morgan fingerprint density at radius 3 is 1.38 bits per heavy atom. The molecule has 4 heterocycles. The van der Waals surface area contributed by atoms with Gasteiger partial charge in [-0.15, -0.1) is 0 Å². The van der Waals surface area contributed by atoms with Crippen molar-refractivity contribution in [2.75, 3.05) is 33.2 Å². The fourth-order valence-corrected chi connectivity index (χ4v) is 7.25. The molecule has 16 nitrogen and oxygen atoms in total. The molecule has 3 aromatic rings. The van der Waals surface area contributed by atoms with E-state index in [0.717, 1.165) is 10.0 Å². The summed E-state index contributed by atoms with van der Waals surface area (Å²) in [7, 11) is -8.62. The lowest BCUT2D eigenvalue weighted by atomic mass is 9.97. The van der Waals surface area contributed by atoms with Crippen molar-refractivity contribution in [3.63, 3.8) is 0 Å². The number of aliphatic imine (C=N–C) groups is 2. The Bertz CT molecular complexity index is 2290. The second-order valence-electron chi connectivity index (χ2n) is 11.1. The molecule has 0 aromatic heterocycles. The van der Waals surface area contributed by atoms with Crippen molar-refractivity contribution in [2.45, 2.75) is 23.6 Å². The highest BCUT2D eigenvalue weighted by molar-refractivity contribution is 7.89. The highest BCUT2D eigenvalue weighted by atomic mass is 32.2. The van der Waals surface area contributed by atoms with Crippen LogP contribution in [-0.2, 0) is 20.0 Å². The number of carbonyl (C=O) groups excluding carboxylic acids is 2. The van der Waals surface area contributed by atoms with Crippen LogP contribution in [0.15, 0.2) is 90.9 Å². The third-order valence-electron chi connectivity index (χ3n) is 8.15. The highest BCUT2D eigenvalue weighted by Crippen LogP contribution is 2.35. The van der Waals surface area contributed by atoms with Crippen LogP contribution in [0.2, 0.25) is 0 Å². The third-order valence-corrected chi connectivity index (χ3v) is 10.1. The van der Waals surface area contributed by atoms with E-state index in [1.165, 1.54) is 24.3 Å². The van der Waals surface area contributed by atoms with Crippen LogP contribution < -0.4 is 40.8 Å². The molecule has 0 fully saturated rings. The van der Waals surface area contributed by atoms with Gasteiger partial charge in [-0.25, -0.2) is 27.1 Å². The standard InChI is InChI=1S/C30H26N10O6S2/c1-17-25-28(36-39(29(25)41)21-13-19(37-11-3-9-33-15-37)5-7-23(21)47(31,43)44)18(2)26-27(17)35-40(30(26)42)22-14-20(38-12-4-10-34-16-38)6-8-24(22)48(32,45)46/h3-14H,15-16H2,1-2H3,(H2,31,43,44)(H2,32,45,46). The minimum absolute atomic E-state index is 0.0892. The number of rotatable bonds is 6. The molecule has 0 unspecified atom stereocenters. The molecule has 244 valence electrons. The van der Waals surface area contributed by atoms with Gasteiger partial charge in [-0.2, -0.15) is 20.2 Å². The molecule has 0 atom stereocenters. The Morgan fingerprint density at radius 2 is 1.04 bits per heavy atom. The fraction of sp³-hybridized carbons (Fsp3) is 0.133. The molecular weight excluding hydrogens is 661 g/mol. The summed E-state index contributed by atoms with van der Waals surface area (Å²) in [5.41, 5.74) is 1.62. The third kappa shape index (κ3) is 4.98. The van der Waals surface area contributed by atoms with Crippen molar-refractivity contribution < 1.29 is 26.4 Å². The van der Waals surface area contributed by atoms with Crippen molar-refractivity contribution in [1.82, 2.24) is 0 Å². The normalized spacial score (nSPS) is 16.8. The zero-order chi connectivity index (χ0) is 34.1. The molecule has 3 aromatic carbocycles. The molecule has 4 aliphatic rings. The van der Waals surface area contributed by atoms with Gasteiger partial charge in [-0.3, -0.25) is 19.6 Å². The lowest BCUT2D eigenvalue weighted by Crippen LogP contribution is -2.30. The molecule has 0 bridgehead atoms. The van der Waals surface area contributed by atoms with E-state index < -0.39 is 31.9 Å². The van der Waals surface area contributed by atoms with Crippen LogP contribution in [0, 0.1) is 13.8 Å². The highest BCUT2D eigenvalue weighted by Gasteiger charge is 2.38. The first-order valence-electron chi connectivity index (χ1n) is 14.3. The molecule has 4 N–H and O–H groups in total. The van der Waals surface area contributed by atoms with Crippen molar-refractivity contribution in [3.05, 3.63) is 93.9 Å². The van der Waals surface area contributed by atoms with Crippen LogP contribution in [0.4, 0.5) is 22.7 Å². The SMILES string of the molecule is Cc1c2c(c(C)c3c1=NN(c1cc(N4C=CC=NC4)ccc1S(N)(=O)=O)C3=O)=NN(c1cc(N3C=CC=NC3)ccc1S(N)(=O)=O)C2=O. The lowest BCUT2D eigenvalue weighted by molar-refractivity contribution is 0.0984. The van der Waals surface area contributed by atoms with Crippen LogP contribution >= 0.6 is 0 Å². The minimum atomic E-state index is -4.31. The second kappa shape index (κ2) is 11.0. The summed E-state index contributed by atoms with van der Waals surface area (Å²) in [5, 5.41) is 22.3. The largest absolute Gasteiger partial charge is 0.328 e. The number of nitrogens with zero attached hydrogens (tertiary/aromatic N) is 8. The van der Waals surface area contributed by atoms with Crippen LogP contribution in [0.1, 0.15) is 31.8 Å². The summed E-state index contributed by atoms with van der Waals surface area (Å²) < 4.78 is 50.5. The minimum Gasteiger partial charge on any atom is -0.328 e. The number of carbonyl (C=O) groups is 2. The lowest BCUT2D eigenvalue weighted by Gasteiger charge is -2.23. The van der Waals surface area contributed by atoms with Gasteiger partial charge in [0.25, 0.3) is 11.8 Å². The molecule has 4 aliphatic heterocycles. The molecule has 2 amide bonds. The van der Waals surface area contributed by atoms with E-state index in [1.54, 1.807) is 72.8 Å². The first kappa shape index (κ1) is 31.1. The van der Waals surface area contributed by atoms with Gasteiger partial charge in [0.2, 0.25) is 20.0 Å². The fourth-order valence-electron chi connectivity index (χ4n) is 5.86. The molecule has 48 heavy (non-hydrogen) atoms. The number of allylic oxidation sites excluding steroid dienone is 2. The number of hydrogen-bond acceptors (Lipinski definition) is 12. The van der Waals surface area contributed by atoms with Crippen molar-refractivity contribution >= 4 is 67.0 Å². The summed E-state index contributed by atoms with van der Waals surface area (Å²) in [6.45, 7) is 3.68. The average Bonchev–Trinajstić information content (AvgIpc) is 3.60. The van der Waals surface area contributed by atoms with E-state index in [0.29, 0.717) is 11.4 Å². The van der Waals surface area contributed by atoms with Gasteiger partial charge in [-0.1, -0.05) is 0 Å². The second-order valence-corrected chi connectivity index (χ2v) is 14.2. The number of sulfonamides is 2. The Balaban J connectivity index is 1.36. The van der Waals surface area contributed by atoms with Crippen molar-refractivity contribution in [3.8, 4) is 0 Å². The number of hydrogen-bond donors (Lipinski definition) is 2. The van der Waals surface area contributed by atoms with E-state index in [1.807, 2.05) is 0 Å². The first-order chi connectivity index (χ1) is 22.8. The summed E-state index contributed by atoms with van der Waals surface area (Å²) in [6.07, 6.45) is 10.1. The van der Waals surface area contributed by atoms with E-state index in [4.69, 9.17) is 10.3 Å². The van der Waals surface area contributed by atoms with E-state index in [2.05, 4.69) is 20.2 Å². The molecule has 0 saturated heterocycles. The predicted molar refractivity (Wildman–Crippen MR) is 177 cm³/mol. The Hall–Kier alpha value is -5.56. The van der Waals surface area contributed by atoms with Gasteiger partial charge in [0, 0.05) is 36.2 Å². The van der Waals surface area contributed by atoms with Crippen molar-refractivity contribution in [1.29, 1.82) is 0 Å². The van der Waals surface area contributed by atoms with Crippen LogP contribution in [0.3, 0.4) is 0 Å². The Labute approximate surface area is 274 Å². The zero-order valence-electron chi connectivity index (χ0n) is 25.3. The monoisotopic (exact) mass is 686 g/mol. The molecule has 0 radical (unpaired) electrons. The summed E-state index contributed by atoms with van der Waals surface area (Å²) in [6, 6.07) is 8.60. The summed E-state index contributed by atoms with van der Waals surface area (Å²) in [5.74, 6) is -1.35. The smallest absolute Gasteiger partial charge is 0.281 e. The molecule has 7 rings (SSSR count). The van der Waals surface area contributed by atoms with Gasteiger partial charge in [-0.05, 0) is 73.5 Å². The molecular formula is C30H26N10O6S2. The van der Waals surface area contributed by atoms with Crippen LogP contribution in [0.25, 0.3) is 0 Å². The number of fused-ring (bicyclic) bond motifs is 2.